The van der Waals surface area contributed by atoms with E-state index in [1.807, 2.05) is 0 Å². The average molecular weight is 282 g/mol. The molecule has 0 bridgehead atoms. The molecule has 116 valence electrons. The molecule has 0 fully saturated rings. The third-order valence-electron chi connectivity index (χ3n) is 3.46. The van der Waals surface area contributed by atoms with Crippen molar-refractivity contribution in [3.05, 3.63) is 0 Å². The Bertz CT molecular complexity index is 222. The van der Waals surface area contributed by atoms with Crippen molar-refractivity contribution in [3.63, 3.8) is 0 Å². The van der Waals surface area contributed by atoms with Crippen LogP contribution in [-0.4, -0.2) is 25.8 Å². The van der Waals surface area contributed by atoms with Crippen LogP contribution in [0.2, 0.25) is 0 Å². The van der Waals surface area contributed by atoms with Gasteiger partial charge in [0.05, 0.1) is 0 Å². The first kappa shape index (κ1) is 18.7. The van der Waals surface area contributed by atoms with E-state index in [0.29, 0.717) is 19.0 Å². The van der Waals surface area contributed by atoms with E-state index >= 15 is 0 Å². The van der Waals surface area contributed by atoms with Gasteiger partial charge in [-0.05, 0) is 56.7 Å². The first-order chi connectivity index (χ1) is 8.67. The maximum absolute atomic E-state index is 11.9. The minimum absolute atomic E-state index is 0.162. The zero-order valence-electron chi connectivity index (χ0n) is 12.4. The van der Waals surface area contributed by atoms with Crippen molar-refractivity contribution in [1.29, 1.82) is 0 Å². The van der Waals surface area contributed by atoms with Crippen molar-refractivity contribution < 1.29 is 13.2 Å². The SMILES string of the molecule is CC(C)(C)C(CCN)CCCNCCCC(F)(F)F. The summed E-state index contributed by atoms with van der Waals surface area (Å²) in [5.74, 6) is 0.578. The second-order valence-electron chi connectivity index (χ2n) is 6.25. The Labute approximate surface area is 115 Å². The molecular formula is C14H29F3N2. The lowest BCUT2D eigenvalue weighted by atomic mass is 9.76. The summed E-state index contributed by atoms with van der Waals surface area (Å²) in [6, 6.07) is 0. The highest BCUT2D eigenvalue weighted by molar-refractivity contribution is 4.74. The average Bonchev–Trinajstić information content (AvgIpc) is 2.23. The molecular weight excluding hydrogens is 253 g/mol. The van der Waals surface area contributed by atoms with Crippen molar-refractivity contribution in [2.75, 3.05) is 19.6 Å². The van der Waals surface area contributed by atoms with Gasteiger partial charge in [-0.15, -0.1) is 0 Å². The summed E-state index contributed by atoms with van der Waals surface area (Å²) >= 11 is 0. The van der Waals surface area contributed by atoms with Crippen LogP contribution >= 0.6 is 0 Å². The van der Waals surface area contributed by atoms with E-state index in [1.165, 1.54) is 0 Å². The zero-order valence-corrected chi connectivity index (χ0v) is 12.4. The molecule has 0 aromatic rings. The van der Waals surface area contributed by atoms with Gasteiger partial charge in [-0.1, -0.05) is 20.8 Å². The Morgan fingerprint density at radius 3 is 2.05 bits per heavy atom. The van der Waals surface area contributed by atoms with Gasteiger partial charge in [0, 0.05) is 6.42 Å². The van der Waals surface area contributed by atoms with E-state index in [4.69, 9.17) is 5.73 Å². The predicted octanol–water partition coefficient (Wildman–Crippen LogP) is 3.71. The van der Waals surface area contributed by atoms with Crippen molar-refractivity contribution >= 4 is 0 Å². The molecule has 5 heteroatoms. The van der Waals surface area contributed by atoms with Crippen molar-refractivity contribution in [3.8, 4) is 0 Å². The highest BCUT2D eigenvalue weighted by atomic mass is 19.4. The zero-order chi connectivity index (χ0) is 14.9. The standard InChI is InChI=1S/C14H29F3N2/c1-13(2,3)12(7-9-18)6-4-10-19-11-5-8-14(15,16)17/h12,19H,4-11,18H2,1-3H3. The number of halogens is 3. The molecule has 0 saturated carbocycles. The van der Waals surface area contributed by atoms with Gasteiger partial charge in [-0.3, -0.25) is 0 Å². The highest BCUT2D eigenvalue weighted by Crippen LogP contribution is 2.31. The van der Waals surface area contributed by atoms with Crippen LogP contribution in [0.25, 0.3) is 0 Å². The van der Waals surface area contributed by atoms with Gasteiger partial charge in [-0.25, -0.2) is 0 Å². The minimum Gasteiger partial charge on any atom is -0.330 e. The molecule has 0 heterocycles. The Hall–Kier alpha value is -0.290. The lowest BCUT2D eigenvalue weighted by molar-refractivity contribution is -0.135. The fourth-order valence-electron chi connectivity index (χ4n) is 2.22. The summed E-state index contributed by atoms with van der Waals surface area (Å²) in [5, 5.41) is 3.08. The number of rotatable bonds is 9. The lowest BCUT2D eigenvalue weighted by Gasteiger charge is -2.30. The monoisotopic (exact) mass is 282 g/mol. The van der Waals surface area contributed by atoms with Crippen LogP contribution in [0.15, 0.2) is 0 Å². The molecule has 0 radical (unpaired) electrons. The quantitative estimate of drug-likeness (QED) is 0.633. The molecule has 3 N–H and O–H groups in total. The van der Waals surface area contributed by atoms with Gasteiger partial charge in [0.2, 0.25) is 0 Å². The molecule has 0 aliphatic heterocycles. The Morgan fingerprint density at radius 1 is 1.00 bits per heavy atom. The molecule has 1 atom stereocenters. The van der Waals surface area contributed by atoms with Crippen molar-refractivity contribution in [2.24, 2.45) is 17.1 Å². The van der Waals surface area contributed by atoms with Gasteiger partial charge in [0.25, 0.3) is 0 Å². The van der Waals surface area contributed by atoms with Gasteiger partial charge in [-0.2, -0.15) is 13.2 Å². The van der Waals surface area contributed by atoms with E-state index in [-0.39, 0.29) is 11.8 Å². The molecule has 2 nitrogen and oxygen atoms in total. The number of hydrogen-bond acceptors (Lipinski definition) is 2. The summed E-state index contributed by atoms with van der Waals surface area (Å²) in [5.41, 5.74) is 5.86. The molecule has 0 aliphatic carbocycles. The van der Waals surface area contributed by atoms with E-state index in [2.05, 4.69) is 26.1 Å². The van der Waals surface area contributed by atoms with Gasteiger partial charge in [0.1, 0.15) is 0 Å². The number of alkyl halides is 3. The van der Waals surface area contributed by atoms with Crippen LogP contribution in [0.3, 0.4) is 0 Å². The molecule has 0 amide bonds. The molecule has 1 unspecified atom stereocenters. The Morgan fingerprint density at radius 2 is 1.58 bits per heavy atom. The number of nitrogens with two attached hydrogens (primary N) is 1. The molecule has 0 spiro atoms. The van der Waals surface area contributed by atoms with Gasteiger partial charge < -0.3 is 11.1 Å². The largest absolute Gasteiger partial charge is 0.389 e. The molecule has 0 aromatic heterocycles. The topological polar surface area (TPSA) is 38.0 Å². The third kappa shape index (κ3) is 11.3. The molecule has 0 rings (SSSR count). The van der Waals surface area contributed by atoms with Crippen molar-refractivity contribution in [2.45, 2.75) is 59.1 Å². The minimum atomic E-state index is -4.03. The molecule has 0 aromatic carbocycles. The Balaban J connectivity index is 3.61. The van der Waals surface area contributed by atoms with E-state index in [9.17, 15) is 13.2 Å². The normalized spacial score (nSPS) is 14.7. The summed E-state index contributed by atoms with van der Waals surface area (Å²) < 4.78 is 35.7. The van der Waals surface area contributed by atoms with Crippen LogP contribution in [0.4, 0.5) is 13.2 Å². The van der Waals surface area contributed by atoms with Crippen LogP contribution < -0.4 is 11.1 Å². The molecule has 0 saturated heterocycles. The van der Waals surface area contributed by atoms with E-state index in [1.54, 1.807) is 0 Å². The van der Waals surface area contributed by atoms with Crippen LogP contribution in [0.1, 0.15) is 52.9 Å². The first-order valence-electron chi connectivity index (χ1n) is 7.14. The summed E-state index contributed by atoms with van der Waals surface area (Å²) in [4.78, 5) is 0. The second-order valence-corrected chi connectivity index (χ2v) is 6.25. The maximum Gasteiger partial charge on any atom is 0.389 e. The summed E-state index contributed by atoms with van der Waals surface area (Å²) in [6.45, 7) is 8.56. The number of hydrogen-bond donors (Lipinski definition) is 2. The fourth-order valence-corrected chi connectivity index (χ4v) is 2.22. The molecule has 0 aliphatic rings. The lowest BCUT2D eigenvalue weighted by Crippen LogP contribution is -2.25. The van der Waals surface area contributed by atoms with Crippen molar-refractivity contribution in [1.82, 2.24) is 5.32 Å². The number of nitrogens with one attached hydrogen (secondary N) is 1. The third-order valence-corrected chi connectivity index (χ3v) is 3.46. The first-order valence-corrected chi connectivity index (χ1v) is 7.14. The summed E-state index contributed by atoms with van der Waals surface area (Å²) in [6.07, 6.45) is -1.48. The van der Waals surface area contributed by atoms with Crippen LogP contribution in [-0.2, 0) is 0 Å². The smallest absolute Gasteiger partial charge is 0.330 e. The van der Waals surface area contributed by atoms with Crippen LogP contribution in [0, 0.1) is 11.3 Å². The predicted molar refractivity (Wildman–Crippen MR) is 74.0 cm³/mol. The Kier molecular flexibility index (Phi) is 8.66. The second kappa shape index (κ2) is 8.80. The van der Waals surface area contributed by atoms with Crippen LogP contribution in [0.5, 0.6) is 0 Å². The maximum atomic E-state index is 11.9. The van der Waals surface area contributed by atoms with E-state index < -0.39 is 12.6 Å². The van der Waals surface area contributed by atoms with Gasteiger partial charge in [0.15, 0.2) is 0 Å². The highest BCUT2D eigenvalue weighted by Gasteiger charge is 2.26. The molecule has 19 heavy (non-hydrogen) atoms. The van der Waals surface area contributed by atoms with Gasteiger partial charge >= 0.3 is 6.18 Å². The summed E-state index contributed by atoms with van der Waals surface area (Å²) in [7, 11) is 0. The fraction of sp³-hybridized carbons (Fsp3) is 1.00. The van der Waals surface area contributed by atoms with E-state index in [0.717, 1.165) is 25.8 Å².